The zero-order chi connectivity index (χ0) is 8.97. The van der Waals surface area contributed by atoms with Crippen molar-refractivity contribution in [2.24, 2.45) is 0 Å². The van der Waals surface area contributed by atoms with E-state index >= 15 is 0 Å². The number of rotatable bonds is 3. The molecule has 1 aromatic carbocycles. The molecule has 0 aromatic heterocycles. The van der Waals surface area contributed by atoms with Crippen LogP contribution in [0, 0.1) is 0 Å². The normalized spacial score (nSPS) is 9.92. The number of para-hydroxylation sites is 1. The highest BCUT2D eigenvalue weighted by atomic mass is 79.9. The average Bonchev–Trinajstić information content (AvgIpc) is 2.09. The van der Waals surface area contributed by atoms with Gasteiger partial charge in [0.2, 0.25) is 6.86 Å². The molecule has 0 saturated heterocycles. The van der Waals surface area contributed by atoms with Crippen LogP contribution in [0.5, 0.6) is 5.75 Å². The van der Waals surface area contributed by atoms with Crippen molar-refractivity contribution in [3.05, 3.63) is 28.2 Å². The molecule has 0 heterocycles. The maximum atomic E-state index is 11.9. The van der Waals surface area contributed by atoms with E-state index in [0.29, 0.717) is 11.6 Å². The highest BCUT2D eigenvalue weighted by Gasteiger charge is 2.05. The lowest BCUT2D eigenvalue weighted by atomic mass is 10.2. The van der Waals surface area contributed by atoms with Crippen LogP contribution in [0.3, 0.4) is 0 Å². The smallest absolute Gasteiger partial charge is 0.228 e. The maximum absolute atomic E-state index is 11.9. The van der Waals surface area contributed by atoms with Crippen LogP contribution in [0.15, 0.2) is 22.7 Å². The standard InChI is InChI=1S/C8H7BrClFO/c9-7-3-1-2-6(4-10)8(7)12-5-11/h1-3H,4-5H2. The van der Waals surface area contributed by atoms with Gasteiger partial charge in [0, 0.05) is 5.56 Å². The Kier molecular flexibility index (Phi) is 3.82. The lowest BCUT2D eigenvalue weighted by molar-refractivity contribution is 0.189. The molecule has 0 amide bonds. The van der Waals surface area contributed by atoms with Crippen molar-refractivity contribution in [2.75, 3.05) is 6.86 Å². The predicted molar refractivity (Wildman–Crippen MR) is 50.3 cm³/mol. The first-order valence-electron chi connectivity index (χ1n) is 3.31. The number of hydrogen-bond donors (Lipinski definition) is 0. The average molecular weight is 253 g/mol. The van der Waals surface area contributed by atoms with Crippen molar-refractivity contribution in [3.8, 4) is 5.75 Å². The molecule has 0 saturated carbocycles. The van der Waals surface area contributed by atoms with Gasteiger partial charge in [-0.1, -0.05) is 12.1 Å². The van der Waals surface area contributed by atoms with Gasteiger partial charge in [0.25, 0.3) is 0 Å². The number of alkyl halides is 2. The molecule has 1 aromatic rings. The van der Waals surface area contributed by atoms with Crippen LogP contribution in [0.25, 0.3) is 0 Å². The molecule has 0 aliphatic rings. The molecular weight excluding hydrogens is 246 g/mol. The topological polar surface area (TPSA) is 9.23 Å². The lowest BCUT2D eigenvalue weighted by Gasteiger charge is -2.07. The largest absolute Gasteiger partial charge is 0.461 e. The zero-order valence-electron chi connectivity index (χ0n) is 6.19. The summed E-state index contributed by atoms with van der Waals surface area (Å²) in [6.07, 6.45) is 0. The summed E-state index contributed by atoms with van der Waals surface area (Å²) in [6.45, 7) is -0.841. The van der Waals surface area contributed by atoms with Gasteiger partial charge in [-0.15, -0.1) is 11.6 Å². The van der Waals surface area contributed by atoms with Crippen LogP contribution in [0.4, 0.5) is 4.39 Å². The summed E-state index contributed by atoms with van der Waals surface area (Å²) in [5, 5.41) is 0. The summed E-state index contributed by atoms with van der Waals surface area (Å²) < 4.78 is 17.4. The third kappa shape index (κ3) is 2.11. The van der Waals surface area contributed by atoms with Crippen LogP contribution in [-0.4, -0.2) is 6.86 Å². The molecule has 0 atom stereocenters. The van der Waals surface area contributed by atoms with Crippen molar-refractivity contribution in [3.63, 3.8) is 0 Å². The summed E-state index contributed by atoms with van der Waals surface area (Å²) >= 11 is 8.86. The molecule has 0 fully saturated rings. The fourth-order valence-electron chi connectivity index (χ4n) is 0.875. The quantitative estimate of drug-likeness (QED) is 0.749. The Labute approximate surface area is 83.6 Å². The first-order chi connectivity index (χ1) is 5.79. The second-order valence-corrected chi connectivity index (χ2v) is 3.24. The molecule has 0 aliphatic heterocycles. The van der Waals surface area contributed by atoms with Crippen molar-refractivity contribution in [2.45, 2.75) is 5.88 Å². The third-order valence-electron chi connectivity index (χ3n) is 1.39. The van der Waals surface area contributed by atoms with Gasteiger partial charge in [-0.05, 0) is 22.0 Å². The van der Waals surface area contributed by atoms with E-state index in [4.69, 9.17) is 16.3 Å². The molecule has 1 nitrogen and oxygen atoms in total. The van der Waals surface area contributed by atoms with E-state index in [1.807, 2.05) is 6.07 Å². The van der Waals surface area contributed by atoms with E-state index in [-0.39, 0.29) is 0 Å². The first kappa shape index (κ1) is 9.81. The van der Waals surface area contributed by atoms with Gasteiger partial charge >= 0.3 is 0 Å². The fourth-order valence-corrected chi connectivity index (χ4v) is 1.61. The van der Waals surface area contributed by atoms with Crippen LogP contribution < -0.4 is 4.74 Å². The van der Waals surface area contributed by atoms with E-state index in [1.165, 1.54) is 0 Å². The minimum atomic E-state index is -0.841. The Morgan fingerprint density at radius 3 is 2.83 bits per heavy atom. The first-order valence-corrected chi connectivity index (χ1v) is 4.64. The van der Waals surface area contributed by atoms with E-state index in [2.05, 4.69) is 15.9 Å². The summed E-state index contributed by atoms with van der Waals surface area (Å²) in [4.78, 5) is 0. The minimum Gasteiger partial charge on any atom is -0.461 e. The molecule has 1 rings (SSSR count). The van der Waals surface area contributed by atoms with Crippen LogP contribution in [0.2, 0.25) is 0 Å². The maximum Gasteiger partial charge on any atom is 0.228 e. The summed E-state index contributed by atoms with van der Waals surface area (Å²) in [7, 11) is 0. The van der Waals surface area contributed by atoms with Gasteiger partial charge in [0.05, 0.1) is 10.4 Å². The summed E-state index contributed by atoms with van der Waals surface area (Å²) in [6, 6.07) is 5.40. The highest BCUT2D eigenvalue weighted by Crippen LogP contribution is 2.29. The van der Waals surface area contributed by atoms with E-state index < -0.39 is 6.86 Å². The number of halogens is 3. The Morgan fingerprint density at radius 2 is 2.25 bits per heavy atom. The Hall–Kier alpha value is -0.280. The third-order valence-corrected chi connectivity index (χ3v) is 2.30. The van der Waals surface area contributed by atoms with Gasteiger partial charge < -0.3 is 4.74 Å². The van der Waals surface area contributed by atoms with Gasteiger partial charge in [-0.2, -0.15) is 0 Å². The second-order valence-electron chi connectivity index (χ2n) is 2.12. The zero-order valence-corrected chi connectivity index (χ0v) is 8.53. The molecule has 0 bridgehead atoms. The van der Waals surface area contributed by atoms with Crippen molar-refractivity contribution in [1.82, 2.24) is 0 Å². The molecule has 0 N–H and O–H groups in total. The van der Waals surface area contributed by atoms with Gasteiger partial charge in [0.1, 0.15) is 5.75 Å². The van der Waals surface area contributed by atoms with Crippen molar-refractivity contribution < 1.29 is 9.13 Å². The summed E-state index contributed by atoms with van der Waals surface area (Å²) in [5.74, 6) is 0.796. The van der Waals surface area contributed by atoms with Gasteiger partial charge in [-0.3, -0.25) is 0 Å². The van der Waals surface area contributed by atoms with Gasteiger partial charge in [-0.25, -0.2) is 4.39 Å². The van der Waals surface area contributed by atoms with E-state index in [0.717, 1.165) is 10.0 Å². The fraction of sp³-hybridized carbons (Fsp3) is 0.250. The lowest BCUT2D eigenvalue weighted by Crippen LogP contribution is -1.94. The number of hydrogen-bond acceptors (Lipinski definition) is 1. The molecular formula is C8H7BrClFO. The molecule has 0 aliphatic carbocycles. The van der Waals surface area contributed by atoms with Crippen molar-refractivity contribution >= 4 is 27.5 Å². The monoisotopic (exact) mass is 252 g/mol. The number of benzene rings is 1. The molecule has 66 valence electrons. The summed E-state index contributed by atoms with van der Waals surface area (Å²) in [5.41, 5.74) is 0.781. The molecule has 4 heteroatoms. The number of ether oxygens (including phenoxy) is 1. The Bertz CT molecular complexity index is 267. The second kappa shape index (κ2) is 4.67. The highest BCUT2D eigenvalue weighted by molar-refractivity contribution is 9.10. The van der Waals surface area contributed by atoms with E-state index in [9.17, 15) is 4.39 Å². The predicted octanol–water partition coefficient (Wildman–Crippen LogP) is 3.49. The minimum absolute atomic E-state index is 0.314. The van der Waals surface area contributed by atoms with Crippen LogP contribution in [-0.2, 0) is 5.88 Å². The van der Waals surface area contributed by atoms with Gasteiger partial charge in [0.15, 0.2) is 0 Å². The molecule has 0 unspecified atom stereocenters. The Balaban J connectivity index is 3.02. The van der Waals surface area contributed by atoms with Crippen LogP contribution in [0.1, 0.15) is 5.56 Å². The SMILES string of the molecule is FCOc1c(Br)cccc1CCl. The molecule has 0 radical (unpaired) electrons. The van der Waals surface area contributed by atoms with E-state index in [1.54, 1.807) is 12.1 Å². The van der Waals surface area contributed by atoms with Crippen LogP contribution >= 0.6 is 27.5 Å². The molecule has 0 spiro atoms. The Morgan fingerprint density at radius 1 is 1.50 bits per heavy atom. The molecule has 12 heavy (non-hydrogen) atoms. The van der Waals surface area contributed by atoms with Crippen molar-refractivity contribution in [1.29, 1.82) is 0 Å².